The van der Waals surface area contributed by atoms with Crippen LogP contribution in [-0.4, -0.2) is 5.97 Å². The Kier molecular flexibility index (Phi) is 3.90. The van der Waals surface area contributed by atoms with Crippen molar-refractivity contribution < 1.29 is 13.9 Å². The van der Waals surface area contributed by atoms with Crippen molar-refractivity contribution in [1.82, 2.24) is 0 Å². The van der Waals surface area contributed by atoms with E-state index in [1.807, 2.05) is 52.0 Å². The molecule has 3 aromatic rings. The van der Waals surface area contributed by atoms with Crippen molar-refractivity contribution in [3.05, 3.63) is 63.4 Å². The molecule has 0 spiro atoms. The van der Waals surface area contributed by atoms with Gasteiger partial charge < -0.3 is 9.15 Å². The molecule has 0 aliphatic rings. The van der Waals surface area contributed by atoms with E-state index in [0.29, 0.717) is 16.4 Å². The molecular weight excluding hydrogens is 312 g/mol. The molecule has 2 aromatic carbocycles. The van der Waals surface area contributed by atoms with Crippen molar-refractivity contribution in [1.29, 1.82) is 0 Å². The summed E-state index contributed by atoms with van der Waals surface area (Å²) in [7, 11) is 0. The highest BCUT2D eigenvalue weighted by Crippen LogP contribution is 2.32. The van der Waals surface area contributed by atoms with Crippen LogP contribution in [0.4, 0.5) is 0 Å². The second kappa shape index (κ2) is 5.74. The molecule has 0 atom stereocenters. The number of halogens is 1. The van der Waals surface area contributed by atoms with Gasteiger partial charge in [0, 0.05) is 10.9 Å². The summed E-state index contributed by atoms with van der Waals surface area (Å²) in [5.41, 5.74) is 4.17. The number of fused-ring (bicyclic) bond motifs is 1. The summed E-state index contributed by atoms with van der Waals surface area (Å²) in [5.74, 6) is 0.265. The van der Waals surface area contributed by atoms with Gasteiger partial charge in [-0.3, -0.25) is 0 Å². The smallest absolute Gasteiger partial charge is 0.379 e. The Morgan fingerprint density at radius 3 is 2.39 bits per heavy atom. The summed E-state index contributed by atoms with van der Waals surface area (Å²) in [5, 5.41) is 1.30. The molecule has 0 saturated heterocycles. The van der Waals surface area contributed by atoms with Crippen LogP contribution in [0.1, 0.15) is 32.8 Å². The van der Waals surface area contributed by atoms with Crippen LogP contribution < -0.4 is 4.74 Å². The summed E-state index contributed by atoms with van der Waals surface area (Å²) >= 11 is 6.13. The Balaban J connectivity index is 2.04. The van der Waals surface area contributed by atoms with Crippen molar-refractivity contribution in [2.24, 2.45) is 0 Å². The molecule has 0 radical (unpaired) electrons. The largest absolute Gasteiger partial charge is 0.447 e. The maximum absolute atomic E-state index is 12.6. The predicted octanol–water partition coefficient (Wildman–Crippen LogP) is 5.54. The van der Waals surface area contributed by atoms with E-state index in [9.17, 15) is 4.79 Å². The lowest BCUT2D eigenvalue weighted by atomic mass is 10.1. The quantitative estimate of drug-likeness (QED) is 0.458. The number of carbonyl (C=O) groups excluding carboxylic acids is 1. The Morgan fingerprint density at radius 2 is 1.70 bits per heavy atom. The van der Waals surface area contributed by atoms with Crippen molar-refractivity contribution in [3.8, 4) is 5.75 Å². The summed E-state index contributed by atoms with van der Waals surface area (Å²) < 4.78 is 11.3. The Hall–Kier alpha value is -2.26. The van der Waals surface area contributed by atoms with E-state index in [-0.39, 0.29) is 5.76 Å². The van der Waals surface area contributed by atoms with E-state index >= 15 is 0 Å². The zero-order chi connectivity index (χ0) is 16.7. The molecule has 3 rings (SSSR count). The van der Waals surface area contributed by atoms with Crippen LogP contribution in [0.25, 0.3) is 11.0 Å². The molecule has 3 nitrogen and oxygen atoms in total. The molecule has 0 amide bonds. The zero-order valence-corrected chi connectivity index (χ0v) is 14.2. The standard InChI is InChI=1S/C19H17ClO3/c1-10-8-9-11(2)16(12(10)3)23-19(21)17-13(4)14-6-5-7-15(20)18(14)22-17/h5-9H,1-4H3. The van der Waals surface area contributed by atoms with E-state index in [0.717, 1.165) is 27.6 Å². The van der Waals surface area contributed by atoms with E-state index < -0.39 is 5.97 Å². The number of benzene rings is 2. The van der Waals surface area contributed by atoms with Crippen LogP contribution >= 0.6 is 11.6 Å². The summed E-state index contributed by atoms with van der Waals surface area (Å²) in [4.78, 5) is 12.6. The van der Waals surface area contributed by atoms with Gasteiger partial charge in [0.25, 0.3) is 0 Å². The van der Waals surface area contributed by atoms with Crippen molar-refractivity contribution in [2.75, 3.05) is 0 Å². The van der Waals surface area contributed by atoms with Gasteiger partial charge in [-0.2, -0.15) is 0 Å². The molecular formula is C19H17ClO3. The minimum absolute atomic E-state index is 0.188. The summed E-state index contributed by atoms with van der Waals surface area (Å²) in [6.07, 6.45) is 0. The average Bonchev–Trinajstić information content (AvgIpc) is 2.86. The maximum atomic E-state index is 12.6. The lowest BCUT2D eigenvalue weighted by molar-refractivity contribution is 0.0700. The topological polar surface area (TPSA) is 39.4 Å². The Labute approximate surface area is 139 Å². The predicted molar refractivity (Wildman–Crippen MR) is 91.6 cm³/mol. The molecule has 1 heterocycles. The first-order chi connectivity index (χ1) is 10.9. The number of esters is 1. The molecule has 118 valence electrons. The normalized spacial score (nSPS) is 11.0. The molecule has 0 unspecified atom stereocenters. The lowest BCUT2D eigenvalue weighted by Crippen LogP contribution is -2.11. The van der Waals surface area contributed by atoms with E-state index in [2.05, 4.69) is 0 Å². The second-order valence-corrected chi connectivity index (χ2v) is 6.12. The SMILES string of the molecule is Cc1ccc(C)c(OC(=O)c2oc3c(Cl)cccc3c2C)c1C. The van der Waals surface area contributed by atoms with Crippen LogP contribution in [0, 0.1) is 27.7 Å². The minimum atomic E-state index is -0.508. The van der Waals surface area contributed by atoms with Crippen molar-refractivity contribution >= 4 is 28.5 Å². The third-order valence-corrected chi connectivity index (χ3v) is 4.47. The average molecular weight is 329 g/mol. The molecule has 0 aliphatic heterocycles. The van der Waals surface area contributed by atoms with Crippen molar-refractivity contribution in [3.63, 3.8) is 0 Å². The van der Waals surface area contributed by atoms with Gasteiger partial charge in [0.1, 0.15) is 5.75 Å². The first-order valence-electron chi connectivity index (χ1n) is 7.36. The molecule has 4 heteroatoms. The fourth-order valence-corrected chi connectivity index (χ4v) is 2.84. The zero-order valence-electron chi connectivity index (χ0n) is 13.5. The molecule has 23 heavy (non-hydrogen) atoms. The number of rotatable bonds is 2. The van der Waals surface area contributed by atoms with Gasteiger partial charge in [0.2, 0.25) is 5.76 Å². The first-order valence-corrected chi connectivity index (χ1v) is 7.74. The molecule has 0 N–H and O–H groups in total. The van der Waals surface area contributed by atoms with Crippen molar-refractivity contribution in [2.45, 2.75) is 27.7 Å². The number of hydrogen-bond donors (Lipinski definition) is 0. The van der Waals surface area contributed by atoms with Crippen LogP contribution in [0.3, 0.4) is 0 Å². The molecule has 0 aliphatic carbocycles. The highest BCUT2D eigenvalue weighted by atomic mass is 35.5. The molecule has 0 bridgehead atoms. The third-order valence-electron chi connectivity index (χ3n) is 4.17. The number of aryl methyl sites for hydroxylation is 3. The monoisotopic (exact) mass is 328 g/mol. The van der Waals surface area contributed by atoms with Gasteiger partial charge in [-0.25, -0.2) is 4.79 Å². The van der Waals surface area contributed by atoms with Gasteiger partial charge in [-0.15, -0.1) is 0 Å². The van der Waals surface area contributed by atoms with Gasteiger partial charge in [-0.05, 0) is 50.5 Å². The Morgan fingerprint density at radius 1 is 1.00 bits per heavy atom. The molecule has 0 saturated carbocycles. The maximum Gasteiger partial charge on any atom is 0.379 e. The number of furan rings is 1. The number of para-hydroxylation sites is 1. The van der Waals surface area contributed by atoms with Gasteiger partial charge >= 0.3 is 5.97 Å². The highest BCUT2D eigenvalue weighted by Gasteiger charge is 2.22. The van der Waals surface area contributed by atoms with Crippen LogP contribution in [0.5, 0.6) is 5.75 Å². The third kappa shape index (κ3) is 2.62. The molecule has 1 aromatic heterocycles. The van der Waals surface area contributed by atoms with Crippen LogP contribution in [0.15, 0.2) is 34.7 Å². The number of ether oxygens (including phenoxy) is 1. The van der Waals surface area contributed by atoms with Gasteiger partial charge in [0.05, 0.1) is 5.02 Å². The highest BCUT2D eigenvalue weighted by molar-refractivity contribution is 6.35. The van der Waals surface area contributed by atoms with E-state index in [4.69, 9.17) is 20.8 Å². The minimum Gasteiger partial charge on any atom is -0.447 e. The number of carbonyl (C=O) groups is 1. The lowest BCUT2D eigenvalue weighted by Gasteiger charge is -2.11. The van der Waals surface area contributed by atoms with Gasteiger partial charge in [0.15, 0.2) is 5.58 Å². The number of hydrogen-bond acceptors (Lipinski definition) is 3. The van der Waals surface area contributed by atoms with Gasteiger partial charge in [-0.1, -0.05) is 35.9 Å². The molecule has 0 fully saturated rings. The van der Waals surface area contributed by atoms with E-state index in [1.54, 1.807) is 6.07 Å². The fourth-order valence-electron chi connectivity index (χ4n) is 2.63. The van der Waals surface area contributed by atoms with Crippen LogP contribution in [0.2, 0.25) is 5.02 Å². The van der Waals surface area contributed by atoms with Crippen LogP contribution in [-0.2, 0) is 0 Å². The fraction of sp³-hybridized carbons (Fsp3) is 0.211. The Bertz CT molecular complexity index is 922. The van der Waals surface area contributed by atoms with E-state index in [1.165, 1.54) is 0 Å². The summed E-state index contributed by atoms with van der Waals surface area (Å²) in [6.45, 7) is 7.66. The summed E-state index contributed by atoms with van der Waals surface area (Å²) in [6, 6.07) is 9.38. The second-order valence-electron chi connectivity index (χ2n) is 5.72. The first kappa shape index (κ1) is 15.6.